The molecule has 16 heavy (non-hydrogen) atoms. The summed E-state index contributed by atoms with van der Waals surface area (Å²) in [5.41, 5.74) is 2.70. The molecule has 1 aromatic rings. The second-order valence-electron chi connectivity index (χ2n) is 4.51. The summed E-state index contributed by atoms with van der Waals surface area (Å²) in [6.07, 6.45) is 5.14. The molecule has 2 heterocycles. The van der Waals surface area contributed by atoms with E-state index in [1.165, 1.54) is 17.5 Å². The van der Waals surface area contributed by atoms with Crippen molar-refractivity contribution in [2.45, 2.75) is 32.9 Å². The second kappa shape index (κ2) is 5.41. The first-order chi connectivity index (χ1) is 7.81. The van der Waals surface area contributed by atoms with E-state index < -0.39 is 0 Å². The van der Waals surface area contributed by atoms with E-state index in [1.807, 2.05) is 12.4 Å². The van der Waals surface area contributed by atoms with E-state index in [4.69, 9.17) is 0 Å². The lowest BCUT2D eigenvalue weighted by atomic mass is 10.1. The lowest BCUT2D eigenvalue weighted by Gasteiger charge is -2.27. The minimum atomic E-state index is 0.699. The SMILES string of the molecule is CCN(Cc1cnccc1C)C1CCNC1. The largest absolute Gasteiger partial charge is 0.315 e. The Morgan fingerprint density at radius 1 is 1.56 bits per heavy atom. The van der Waals surface area contributed by atoms with Crippen molar-refractivity contribution in [1.82, 2.24) is 15.2 Å². The number of likely N-dealkylation sites (N-methyl/N-ethyl adjacent to an activating group) is 1. The maximum absolute atomic E-state index is 4.22. The monoisotopic (exact) mass is 219 g/mol. The van der Waals surface area contributed by atoms with Crippen molar-refractivity contribution in [3.8, 4) is 0 Å². The highest BCUT2D eigenvalue weighted by Gasteiger charge is 2.21. The molecule has 1 N–H and O–H groups in total. The zero-order valence-electron chi connectivity index (χ0n) is 10.2. The normalized spacial score (nSPS) is 20.6. The Hall–Kier alpha value is -0.930. The molecule has 1 fully saturated rings. The third-order valence-corrected chi connectivity index (χ3v) is 3.48. The number of aromatic nitrogens is 1. The summed E-state index contributed by atoms with van der Waals surface area (Å²) in [6, 6.07) is 2.79. The van der Waals surface area contributed by atoms with Gasteiger partial charge in [-0.05, 0) is 43.6 Å². The van der Waals surface area contributed by atoms with Crippen LogP contribution in [0, 0.1) is 6.92 Å². The molecule has 0 spiro atoms. The average Bonchev–Trinajstić information content (AvgIpc) is 2.81. The minimum absolute atomic E-state index is 0.699. The van der Waals surface area contributed by atoms with Crippen molar-refractivity contribution < 1.29 is 0 Å². The molecule has 1 atom stereocenters. The number of nitrogens with zero attached hydrogens (tertiary/aromatic N) is 2. The first-order valence-corrected chi connectivity index (χ1v) is 6.15. The van der Waals surface area contributed by atoms with Crippen LogP contribution in [0.25, 0.3) is 0 Å². The molecule has 0 bridgehead atoms. The van der Waals surface area contributed by atoms with Gasteiger partial charge in [-0.1, -0.05) is 6.92 Å². The third kappa shape index (κ3) is 2.60. The molecule has 1 aromatic heterocycles. The molecule has 0 amide bonds. The van der Waals surface area contributed by atoms with Crippen molar-refractivity contribution in [2.75, 3.05) is 19.6 Å². The topological polar surface area (TPSA) is 28.2 Å². The van der Waals surface area contributed by atoms with Crippen LogP contribution in [0.1, 0.15) is 24.5 Å². The first kappa shape index (κ1) is 11.6. The van der Waals surface area contributed by atoms with Gasteiger partial charge in [0.1, 0.15) is 0 Å². The standard InChI is InChI=1S/C13H21N3/c1-3-16(13-5-7-15-9-13)10-12-8-14-6-4-11(12)2/h4,6,8,13,15H,3,5,7,9-10H2,1-2H3. The van der Waals surface area contributed by atoms with Crippen molar-refractivity contribution in [1.29, 1.82) is 0 Å². The number of aryl methyl sites for hydroxylation is 1. The van der Waals surface area contributed by atoms with Crippen molar-refractivity contribution in [2.24, 2.45) is 0 Å². The van der Waals surface area contributed by atoms with Crippen LogP contribution in [-0.2, 0) is 6.54 Å². The molecule has 0 radical (unpaired) electrons. The molecule has 1 aliphatic heterocycles. The number of nitrogens with one attached hydrogen (secondary N) is 1. The zero-order chi connectivity index (χ0) is 11.4. The number of pyridine rings is 1. The Labute approximate surface area is 97.9 Å². The summed E-state index contributed by atoms with van der Waals surface area (Å²) in [7, 11) is 0. The molecule has 2 rings (SSSR count). The number of hydrogen-bond acceptors (Lipinski definition) is 3. The van der Waals surface area contributed by atoms with Gasteiger partial charge in [-0.15, -0.1) is 0 Å². The Morgan fingerprint density at radius 2 is 2.44 bits per heavy atom. The summed E-state index contributed by atoms with van der Waals surface area (Å²) in [4.78, 5) is 6.76. The van der Waals surface area contributed by atoms with Gasteiger partial charge in [0, 0.05) is 31.5 Å². The van der Waals surface area contributed by atoms with Gasteiger partial charge < -0.3 is 5.32 Å². The Bertz CT molecular complexity index is 332. The van der Waals surface area contributed by atoms with Crippen LogP contribution in [0.15, 0.2) is 18.5 Å². The molecule has 1 aliphatic rings. The van der Waals surface area contributed by atoms with Gasteiger partial charge in [0.25, 0.3) is 0 Å². The van der Waals surface area contributed by atoms with Gasteiger partial charge in [-0.25, -0.2) is 0 Å². The molecule has 88 valence electrons. The lowest BCUT2D eigenvalue weighted by molar-refractivity contribution is 0.210. The van der Waals surface area contributed by atoms with Gasteiger partial charge in [0.05, 0.1) is 0 Å². The first-order valence-electron chi connectivity index (χ1n) is 6.15. The quantitative estimate of drug-likeness (QED) is 0.833. The van der Waals surface area contributed by atoms with Crippen molar-refractivity contribution in [3.63, 3.8) is 0 Å². The van der Waals surface area contributed by atoms with Gasteiger partial charge in [-0.2, -0.15) is 0 Å². The van der Waals surface area contributed by atoms with Crippen LogP contribution in [-0.4, -0.2) is 35.6 Å². The Morgan fingerprint density at radius 3 is 3.06 bits per heavy atom. The van der Waals surface area contributed by atoms with Crippen LogP contribution in [0.5, 0.6) is 0 Å². The Kier molecular flexibility index (Phi) is 3.91. The van der Waals surface area contributed by atoms with E-state index in [0.29, 0.717) is 6.04 Å². The second-order valence-corrected chi connectivity index (χ2v) is 4.51. The fraction of sp³-hybridized carbons (Fsp3) is 0.615. The molecule has 1 unspecified atom stereocenters. The minimum Gasteiger partial charge on any atom is -0.315 e. The zero-order valence-corrected chi connectivity index (χ0v) is 10.2. The van der Waals surface area contributed by atoms with E-state index in [0.717, 1.165) is 26.2 Å². The van der Waals surface area contributed by atoms with Gasteiger partial charge in [0.15, 0.2) is 0 Å². The molecule has 3 nitrogen and oxygen atoms in total. The van der Waals surface area contributed by atoms with Crippen LogP contribution in [0.4, 0.5) is 0 Å². The number of hydrogen-bond donors (Lipinski definition) is 1. The highest BCUT2D eigenvalue weighted by molar-refractivity contribution is 5.21. The van der Waals surface area contributed by atoms with Crippen molar-refractivity contribution in [3.05, 3.63) is 29.6 Å². The van der Waals surface area contributed by atoms with Crippen LogP contribution in [0.3, 0.4) is 0 Å². The summed E-state index contributed by atoms with van der Waals surface area (Å²) >= 11 is 0. The van der Waals surface area contributed by atoms with Crippen LogP contribution >= 0.6 is 0 Å². The van der Waals surface area contributed by atoms with E-state index >= 15 is 0 Å². The molecule has 0 aliphatic carbocycles. The third-order valence-electron chi connectivity index (χ3n) is 3.48. The van der Waals surface area contributed by atoms with E-state index in [1.54, 1.807) is 0 Å². The molecule has 0 saturated carbocycles. The Balaban J connectivity index is 2.03. The van der Waals surface area contributed by atoms with Gasteiger partial charge in [0.2, 0.25) is 0 Å². The van der Waals surface area contributed by atoms with Gasteiger partial charge in [-0.3, -0.25) is 9.88 Å². The van der Waals surface area contributed by atoms with Crippen LogP contribution < -0.4 is 5.32 Å². The van der Waals surface area contributed by atoms with E-state index in [-0.39, 0.29) is 0 Å². The summed E-state index contributed by atoms with van der Waals surface area (Å²) in [5.74, 6) is 0. The molecular formula is C13H21N3. The highest BCUT2D eigenvalue weighted by atomic mass is 15.2. The maximum atomic E-state index is 4.22. The fourth-order valence-corrected chi connectivity index (χ4v) is 2.33. The molecule has 3 heteroatoms. The van der Waals surface area contributed by atoms with E-state index in [2.05, 4.69) is 35.1 Å². The maximum Gasteiger partial charge on any atom is 0.0315 e. The van der Waals surface area contributed by atoms with E-state index in [9.17, 15) is 0 Å². The van der Waals surface area contributed by atoms with Crippen LogP contribution in [0.2, 0.25) is 0 Å². The lowest BCUT2D eigenvalue weighted by Crippen LogP contribution is -2.36. The summed E-state index contributed by atoms with van der Waals surface area (Å²) in [5, 5.41) is 3.43. The average molecular weight is 219 g/mol. The molecule has 0 aromatic carbocycles. The smallest absolute Gasteiger partial charge is 0.0315 e. The summed E-state index contributed by atoms with van der Waals surface area (Å²) in [6.45, 7) is 8.84. The predicted molar refractivity (Wildman–Crippen MR) is 66.3 cm³/mol. The van der Waals surface area contributed by atoms with Crippen molar-refractivity contribution >= 4 is 0 Å². The fourth-order valence-electron chi connectivity index (χ4n) is 2.33. The predicted octanol–water partition coefficient (Wildman–Crippen LogP) is 1.57. The summed E-state index contributed by atoms with van der Waals surface area (Å²) < 4.78 is 0. The highest BCUT2D eigenvalue weighted by Crippen LogP contribution is 2.14. The molecule has 1 saturated heterocycles. The number of rotatable bonds is 4. The van der Waals surface area contributed by atoms with Gasteiger partial charge >= 0.3 is 0 Å². The molecular weight excluding hydrogens is 198 g/mol.